The quantitative estimate of drug-likeness (QED) is 0.587. The molecule has 0 saturated carbocycles. The summed E-state index contributed by atoms with van der Waals surface area (Å²) in [7, 11) is 0. The molecule has 1 aromatic carbocycles. The van der Waals surface area contributed by atoms with E-state index >= 15 is 0 Å². The van der Waals surface area contributed by atoms with Crippen molar-refractivity contribution in [2.24, 2.45) is 0 Å². The van der Waals surface area contributed by atoms with Crippen molar-refractivity contribution < 1.29 is 14.7 Å². The summed E-state index contributed by atoms with van der Waals surface area (Å²) in [6, 6.07) is 7.26. The highest BCUT2D eigenvalue weighted by molar-refractivity contribution is 5.97. The maximum atomic E-state index is 11.5. The average molecular weight is 271 g/mol. The Hall–Kier alpha value is -2.96. The number of nitrogens with zero attached hydrogens (tertiary/aromatic N) is 2. The van der Waals surface area contributed by atoms with Crippen LogP contribution in [-0.4, -0.2) is 21.8 Å². The van der Waals surface area contributed by atoms with E-state index in [0.717, 1.165) is 17.0 Å². The molecule has 7 nitrogen and oxygen atoms in total. The first-order valence-electron chi connectivity index (χ1n) is 5.73. The van der Waals surface area contributed by atoms with E-state index in [0.29, 0.717) is 5.82 Å². The molecule has 1 heterocycles. The Morgan fingerprint density at radius 3 is 2.75 bits per heavy atom. The normalized spacial score (nSPS) is 11.2. The lowest BCUT2D eigenvalue weighted by Crippen LogP contribution is -2.30. The van der Waals surface area contributed by atoms with Crippen LogP contribution in [0, 0.1) is 0 Å². The molecule has 0 aliphatic rings. The Kier molecular flexibility index (Phi) is 3.90. The van der Waals surface area contributed by atoms with Gasteiger partial charge in [-0.1, -0.05) is 12.1 Å². The molecule has 0 fully saturated rings. The van der Waals surface area contributed by atoms with Gasteiger partial charge in [0.25, 0.3) is 5.91 Å². The van der Waals surface area contributed by atoms with Gasteiger partial charge in [-0.3, -0.25) is 15.6 Å². The zero-order valence-electron chi connectivity index (χ0n) is 10.6. The van der Waals surface area contributed by atoms with Gasteiger partial charge < -0.3 is 9.90 Å². The minimum atomic E-state index is -1.40. The SMILES string of the molecule is C/C(=C\C(=O)NNc1ncnc2ccccc12)C(=O)[O-]. The third-order valence-corrected chi connectivity index (χ3v) is 2.52. The molecule has 0 atom stereocenters. The van der Waals surface area contributed by atoms with Gasteiger partial charge >= 0.3 is 0 Å². The van der Waals surface area contributed by atoms with E-state index in [2.05, 4.69) is 20.8 Å². The molecule has 0 radical (unpaired) electrons. The van der Waals surface area contributed by atoms with E-state index in [1.54, 1.807) is 6.07 Å². The molecular weight excluding hydrogens is 260 g/mol. The Labute approximate surface area is 114 Å². The number of anilines is 1. The number of rotatable bonds is 4. The average Bonchev–Trinajstić information content (AvgIpc) is 2.44. The van der Waals surface area contributed by atoms with Crippen molar-refractivity contribution in [1.82, 2.24) is 15.4 Å². The van der Waals surface area contributed by atoms with Crippen molar-refractivity contribution in [2.75, 3.05) is 5.43 Å². The van der Waals surface area contributed by atoms with Crippen LogP contribution in [0.25, 0.3) is 10.9 Å². The van der Waals surface area contributed by atoms with Gasteiger partial charge in [0.1, 0.15) is 6.33 Å². The number of carboxylic acid groups (broad SMARTS) is 1. The molecule has 102 valence electrons. The molecule has 1 aromatic heterocycles. The number of para-hydroxylation sites is 1. The van der Waals surface area contributed by atoms with Gasteiger partial charge in [-0.15, -0.1) is 0 Å². The number of carbonyl (C=O) groups is 2. The zero-order chi connectivity index (χ0) is 14.5. The highest BCUT2D eigenvalue weighted by Crippen LogP contribution is 2.17. The first kappa shape index (κ1) is 13.5. The fraction of sp³-hybridized carbons (Fsp3) is 0.0769. The lowest BCUT2D eigenvalue weighted by Gasteiger charge is -2.08. The van der Waals surface area contributed by atoms with Gasteiger partial charge in [0.05, 0.1) is 11.5 Å². The lowest BCUT2D eigenvalue weighted by molar-refractivity contribution is -0.299. The second-order valence-electron chi connectivity index (χ2n) is 3.97. The highest BCUT2D eigenvalue weighted by Gasteiger charge is 2.03. The summed E-state index contributed by atoms with van der Waals surface area (Å²) in [5.74, 6) is -1.59. The summed E-state index contributed by atoms with van der Waals surface area (Å²) in [4.78, 5) is 30.1. The first-order chi connectivity index (χ1) is 9.58. The van der Waals surface area contributed by atoms with Crippen molar-refractivity contribution in [3.63, 3.8) is 0 Å². The maximum absolute atomic E-state index is 11.5. The summed E-state index contributed by atoms with van der Waals surface area (Å²) < 4.78 is 0. The van der Waals surface area contributed by atoms with Crippen LogP contribution in [0.2, 0.25) is 0 Å². The lowest BCUT2D eigenvalue weighted by atomic mass is 10.2. The van der Waals surface area contributed by atoms with Gasteiger partial charge in [-0.25, -0.2) is 9.97 Å². The number of hydrazine groups is 1. The fourth-order valence-corrected chi connectivity index (χ4v) is 1.52. The predicted octanol–water partition coefficient (Wildman–Crippen LogP) is -0.231. The van der Waals surface area contributed by atoms with Crippen LogP contribution < -0.4 is 16.0 Å². The Bertz CT molecular complexity index is 692. The van der Waals surface area contributed by atoms with Gasteiger partial charge in [-0.2, -0.15) is 0 Å². The Morgan fingerprint density at radius 2 is 2.00 bits per heavy atom. The molecule has 0 aliphatic heterocycles. The van der Waals surface area contributed by atoms with Crippen molar-refractivity contribution in [2.45, 2.75) is 6.92 Å². The minimum absolute atomic E-state index is 0.170. The molecule has 0 unspecified atom stereocenters. The number of hydrogen-bond donors (Lipinski definition) is 2. The smallest absolute Gasteiger partial charge is 0.262 e. The highest BCUT2D eigenvalue weighted by atomic mass is 16.4. The topological polar surface area (TPSA) is 107 Å². The fourth-order valence-electron chi connectivity index (χ4n) is 1.52. The van der Waals surface area contributed by atoms with Crippen LogP contribution in [0.15, 0.2) is 42.2 Å². The summed E-state index contributed by atoms with van der Waals surface area (Å²) >= 11 is 0. The third-order valence-electron chi connectivity index (χ3n) is 2.52. The molecule has 2 aromatic rings. The van der Waals surface area contributed by atoms with Crippen molar-refractivity contribution in [3.8, 4) is 0 Å². The van der Waals surface area contributed by atoms with Gasteiger partial charge in [0.2, 0.25) is 0 Å². The van der Waals surface area contributed by atoms with E-state index in [1.165, 1.54) is 13.3 Å². The number of carbonyl (C=O) groups excluding carboxylic acids is 2. The van der Waals surface area contributed by atoms with E-state index < -0.39 is 11.9 Å². The molecule has 0 saturated heterocycles. The van der Waals surface area contributed by atoms with E-state index in [-0.39, 0.29) is 5.57 Å². The first-order valence-corrected chi connectivity index (χ1v) is 5.73. The van der Waals surface area contributed by atoms with Crippen LogP contribution in [0.1, 0.15) is 6.92 Å². The Balaban J connectivity index is 2.12. The maximum Gasteiger partial charge on any atom is 0.262 e. The monoisotopic (exact) mass is 271 g/mol. The van der Waals surface area contributed by atoms with Gasteiger partial charge in [0, 0.05) is 11.5 Å². The molecule has 2 rings (SSSR count). The molecule has 2 N–H and O–H groups in total. The molecular formula is C13H11N4O3-. The number of fused-ring (bicyclic) bond motifs is 1. The zero-order valence-corrected chi connectivity index (χ0v) is 10.6. The standard InChI is InChI=1S/C13H12N4O3/c1-8(13(19)20)6-11(18)16-17-12-9-4-2-3-5-10(9)14-7-15-12/h2-7H,1H3,(H,16,18)(H,19,20)(H,14,15,17)/p-1/b8-6+. The summed E-state index contributed by atoms with van der Waals surface area (Å²) in [6.07, 6.45) is 2.28. The number of nitrogens with one attached hydrogen (secondary N) is 2. The number of benzene rings is 1. The van der Waals surface area contributed by atoms with Crippen LogP contribution in [-0.2, 0) is 9.59 Å². The largest absolute Gasteiger partial charge is 0.545 e. The molecule has 1 amide bonds. The van der Waals surface area contributed by atoms with E-state index in [4.69, 9.17) is 0 Å². The van der Waals surface area contributed by atoms with Crippen LogP contribution >= 0.6 is 0 Å². The number of amides is 1. The van der Waals surface area contributed by atoms with Crippen LogP contribution in [0.4, 0.5) is 5.82 Å². The Morgan fingerprint density at radius 1 is 1.25 bits per heavy atom. The molecule has 0 spiro atoms. The minimum Gasteiger partial charge on any atom is -0.545 e. The number of aliphatic carboxylic acids is 1. The van der Waals surface area contributed by atoms with Crippen LogP contribution in [0.3, 0.4) is 0 Å². The second kappa shape index (κ2) is 5.79. The molecule has 20 heavy (non-hydrogen) atoms. The summed E-state index contributed by atoms with van der Waals surface area (Å²) in [5.41, 5.74) is 5.51. The van der Waals surface area contributed by atoms with Crippen molar-refractivity contribution in [1.29, 1.82) is 0 Å². The summed E-state index contributed by atoms with van der Waals surface area (Å²) in [5, 5.41) is 11.2. The molecule has 7 heteroatoms. The van der Waals surface area contributed by atoms with E-state index in [9.17, 15) is 14.7 Å². The summed E-state index contributed by atoms with van der Waals surface area (Å²) in [6.45, 7) is 1.27. The van der Waals surface area contributed by atoms with Gasteiger partial charge in [-0.05, 0) is 24.6 Å². The van der Waals surface area contributed by atoms with Gasteiger partial charge in [0.15, 0.2) is 5.82 Å². The number of aromatic nitrogens is 2. The number of hydrogen-bond acceptors (Lipinski definition) is 6. The van der Waals surface area contributed by atoms with Crippen molar-refractivity contribution in [3.05, 3.63) is 42.2 Å². The third kappa shape index (κ3) is 3.08. The molecule has 0 aliphatic carbocycles. The predicted molar refractivity (Wildman–Crippen MR) is 70.1 cm³/mol. The molecule has 0 bridgehead atoms. The number of carboxylic acids is 1. The van der Waals surface area contributed by atoms with Crippen molar-refractivity contribution >= 4 is 28.6 Å². The second-order valence-corrected chi connectivity index (χ2v) is 3.97. The van der Waals surface area contributed by atoms with Crippen LogP contribution in [0.5, 0.6) is 0 Å². The van der Waals surface area contributed by atoms with E-state index in [1.807, 2.05) is 18.2 Å².